The van der Waals surface area contributed by atoms with Crippen molar-refractivity contribution in [2.75, 3.05) is 20.3 Å². The van der Waals surface area contributed by atoms with Crippen molar-refractivity contribution in [2.24, 2.45) is 0 Å². The Bertz CT molecular complexity index is 1010. The summed E-state index contributed by atoms with van der Waals surface area (Å²) in [7, 11) is -1.35. The maximum Gasteiger partial charge on any atom is 0.366 e. The number of carbonyl (C=O) groups excluding carboxylic acids is 1. The molecular weight excluding hydrogens is 488 g/mol. The minimum Gasteiger partial charge on any atom is -0.462 e. The standard InChI is InChI=1S/C29H40O7Si/c1-8-32-26(30)29(31-7)19-23-25(36-29)24(35-28(5,6)34-23)20-33-37(27(2,3)4,21-15-11-9-12-16-21)22-17-13-10-14-18-22/h9-18,23-25H,8,19-20H2,1-7H3/t23-,24+,25+,29-/m0/s1. The van der Waals surface area contributed by atoms with Crippen molar-refractivity contribution < 1.29 is 32.9 Å². The Kier molecular flexibility index (Phi) is 8.00. The van der Waals surface area contributed by atoms with E-state index in [1.54, 1.807) is 6.92 Å². The summed E-state index contributed by atoms with van der Waals surface area (Å²) in [6.07, 6.45) is -1.24. The molecule has 7 nitrogen and oxygen atoms in total. The molecule has 8 heteroatoms. The third kappa shape index (κ3) is 5.28. The van der Waals surface area contributed by atoms with Crippen LogP contribution in [0, 0.1) is 0 Å². The average molecular weight is 529 g/mol. The fourth-order valence-corrected chi connectivity index (χ4v) is 10.2. The van der Waals surface area contributed by atoms with Crippen molar-refractivity contribution in [3.63, 3.8) is 0 Å². The van der Waals surface area contributed by atoms with E-state index in [2.05, 4.69) is 69.3 Å². The summed E-state index contributed by atoms with van der Waals surface area (Å²) in [5, 5.41) is 2.18. The van der Waals surface area contributed by atoms with Crippen molar-refractivity contribution in [2.45, 2.75) is 82.9 Å². The molecule has 0 amide bonds. The second-order valence-corrected chi connectivity index (χ2v) is 15.5. The van der Waals surface area contributed by atoms with E-state index in [1.165, 1.54) is 17.5 Å². The smallest absolute Gasteiger partial charge is 0.366 e. The van der Waals surface area contributed by atoms with E-state index in [1.807, 2.05) is 26.0 Å². The molecule has 4 rings (SSSR count). The minimum atomic E-state index is -2.80. The lowest BCUT2D eigenvalue weighted by Gasteiger charge is -2.46. The number of esters is 1. The monoisotopic (exact) mass is 528 g/mol. The van der Waals surface area contributed by atoms with Gasteiger partial charge in [0.15, 0.2) is 5.79 Å². The van der Waals surface area contributed by atoms with Gasteiger partial charge in [-0.2, -0.15) is 0 Å². The molecule has 0 spiro atoms. The Labute approximate surface area is 221 Å². The Morgan fingerprint density at radius 3 is 2.03 bits per heavy atom. The molecule has 4 atom stereocenters. The zero-order valence-corrected chi connectivity index (χ0v) is 24.0. The van der Waals surface area contributed by atoms with Crippen LogP contribution in [-0.2, 0) is 32.9 Å². The summed E-state index contributed by atoms with van der Waals surface area (Å²) in [5.74, 6) is -2.98. The summed E-state index contributed by atoms with van der Waals surface area (Å²) in [6.45, 7) is 12.7. The molecule has 0 radical (unpaired) electrons. The van der Waals surface area contributed by atoms with E-state index < -0.39 is 44.2 Å². The lowest BCUT2D eigenvalue weighted by molar-refractivity contribution is -0.332. The topological polar surface area (TPSA) is 72.5 Å². The van der Waals surface area contributed by atoms with Crippen LogP contribution < -0.4 is 10.4 Å². The first-order valence-corrected chi connectivity index (χ1v) is 14.9. The molecule has 2 aliphatic rings. The van der Waals surface area contributed by atoms with Gasteiger partial charge >= 0.3 is 5.97 Å². The van der Waals surface area contributed by atoms with Gasteiger partial charge in [0.1, 0.15) is 12.2 Å². The van der Waals surface area contributed by atoms with E-state index in [9.17, 15) is 4.79 Å². The summed E-state index contributed by atoms with van der Waals surface area (Å²) in [4.78, 5) is 12.8. The summed E-state index contributed by atoms with van der Waals surface area (Å²) < 4.78 is 36.9. The SMILES string of the molecule is CCOC(=O)[C@]1(OC)C[C@@H]2OC(C)(C)O[C@H](CO[Si](c3ccccc3)(c3ccccc3)C(C)(C)C)[C@@H]2O1. The highest BCUT2D eigenvalue weighted by molar-refractivity contribution is 6.99. The molecule has 2 fully saturated rings. The van der Waals surface area contributed by atoms with Crippen LogP contribution in [0.25, 0.3) is 0 Å². The normalized spacial score (nSPS) is 27.5. The summed E-state index contributed by atoms with van der Waals surface area (Å²) in [5.41, 5.74) is 0. The third-order valence-corrected chi connectivity index (χ3v) is 12.2. The van der Waals surface area contributed by atoms with E-state index in [-0.39, 0.29) is 24.7 Å². The molecule has 0 unspecified atom stereocenters. The molecule has 0 aliphatic carbocycles. The van der Waals surface area contributed by atoms with Crippen molar-refractivity contribution >= 4 is 24.7 Å². The lowest BCUT2D eigenvalue weighted by Crippen LogP contribution is -2.68. The van der Waals surface area contributed by atoms with Crippen LogP contribution in [-0.4, -0.2) is 64.5 Å². The number of carbonyl (C=O) groups is 1. The third-order valence-electron chi connectivity index (χ3n) is 7.20. The molecule has 202 valence electrons. The molecule has 37 heavy (non-hydrogen) atoms. The number of ether oxygens (including phenoxy) is 5. The van der Waals surface area contributed by atoms with Crippen LogP contribution in [0.2, 0.25) is 5.04 Å². The number of hydrogen-bond donors (Lipinski definition) is 0. The Morgan fingerprint density at radius 1 is 0.973 bits per heavy atom. The van der Waals surface area contributed by atoms with Gasteiger partial charge in [-0.15, -0.1) is 0 Å². The maximum absolute atomic E-state index is 12.8. The Morgan fingerprint density at radius 2 is 1.54 bits per heavy atom. The van der Waals surface area contributed by atoms with Gasteiger partial charge in [0, 0.05) is 13.5 Å². The van der Waals surface area contributed by atoms with Gasteiger partial charge < -0.3 is 28.1 Å². The molecule has 0 N–H and O–H groups in total. The van der Waals surface area contributed by atoms with Gasteiger partial charge in [-0.05, 0) is 36.2 Å². The average Bonchev–Trinajstić information content (AvgIpc) is 3.24. The zero-order chi connectivity index (χ0) is 26.9. The fourth-order valence-electron chi connectivity index (χ4n) is 5.66. The molecule has 2 aromatic carbocycles. The highest BCUT2D eigenvalue weighted by Crippen LogP contribution is 2.43. The second-order valence-electron chi connectivity index (χ2n) is 11.2. The van der Waals surface area contributed by atoms with E-state index in [0.29, 0.717) is 0 Å². The predicted molar refractivity (Wildman–Crippen MR) is 143 cm³/mol. The van der Waals surface area contributed by atoms with Crippen molar-refractivity contribution in [3.05, 3.63) is 60.7 Å². The van der Waals surface area contributed by atoms with Crippen LogP contribution >= 0.6 is 0 Å². The van der Waals surface area contributed by atoms with Gasteiger partial charge in [-0.3, -0.25) is 0 Å². The van der Waals surface area contributed by atoms with Crippen LogP contribution in [0.3, 0.4) is 0 Å². The molecule has 0 saturated carbocycles. The first kappa shape index (κ1) is 27.9. The van der Waals surface area contributed by atoms with Gasteiger partial charge in [0.25, 0.3) is 14.1 Å². The Hall–Kier alpha value is -2.07. The molecule has 2 heterocycles. The van der Waals surface area contributed by atoms with Crippen molar-refractivity contribution in [3.8, 4) is 0 Å². The minimum absolute atomic E-state index is 0.187. The summed E-state index contributed by atoms with van der Waals surface area (Å²) >= 11 is 0. The van der Waals surface area contributed by atoms with E-state index in [4.69, 9.17) is 28.1 Å². The molecule has 2 aliphatic heterocycles. The molecule has 2 saturated heterocycles. The number of methoxy groups -OCH3 is 1. The molecule has 0 bridgehead atoms. The van der Waals surface area contributed by atoms with Crippen LogP contribution in [0.1, 0.15) is 48.0 Å². The number of hydrogen-bond acceptors (Lipinski definition) is 7. The predicted octanol–water partition coefficient (Wildman–Crippen LogP) is 3.78. The first-order chi connectivity index (χ1) is 17.5. The van der Waals surface area contributed by atoms with E-state index in [0.717, 1.165) is 0 Å². The summed E-state index contributed by atoms with van der Waals surface area (Å²) in [6, 6.07) is 20.9. The van der Waals surface area contributed by atoms with Gasteiger partial charge in [0.2, 0.25) is 0 Å². The molecule has 2 aromatic rings. The van der Waals surface area contributed by atoms with E-state index >= 15 is 0 Å². The zero-order valence-electron chi connectivity index (χ0n) is 23.0. The van der Waals surface area contributed by atoms with Crippen molar-refractivity contribution in [1.29, 1.82) is 0 Å². The molecular formula is C29H40O7Si. The number of benzene rings is 2. The first-order valence-electron chi connectivity index (χ1n) is 13.0. The quantitative estimate of drug-likeness (QED) is 0.381. The van der Waals surface area contributed by atoms with Gasteiger partial charge in [-0.25, -0.2) is 4.79 Å². The van der Waals surface area contributed by atoms with Gasteiger partial charge in [0.05, 0.1) is 19.3 Å². The second kappa shape index (κ2) is 10.6. The molecule has 0 aromatic heterocycles. The maximum atomic E-state index is 12.8. The fraction of sp³-hybridized carbons (Fsp3) is 0.552. The largest absolute Gasteiger partial charge is 0.462 e. The van der Waals surface area contributed by atoms with Crippen LogP contribution in [0.4, 0.5) is 0 Å². The number of rotatable bonds is 8. The van der Waals surface area contributed by atoms with Crippen molar-refractivity contribution in [1.82, 2.24) is 0 Å². The van der Waals surface area contributed by atoms with Gasteiger partial charge in [-0.1, -0.05) is 81.4 Å². The highest BCUT2D eigenvalue weighted by Gasteiger charge is 2.61. The Balaban J connectivity index is 1.71. The van der Waals surface area contributed by atoms with Crippen LogP contribution in [0.15, 0.2) is 60.7 Å². The van der Waals surface area contributed by atoms with Crippen LogP contribution in [0.5, 0.6) is 0 Å². The highest BCUT2D eigenvalue weighted by atomic mass is 28.4. The lowest BCUT2D eigenvalue weighted by atomic mass is 10.0. The number of fused-ring (bicyclic) bond motifs is 1.